The summed E-state index contributed by atoms with van der Waals surface area (Å²) < 4.78 is 5.37. The number of fused-ring (bicyclic) bond motifs is 2. The van der Waals surface area contributed by atoms with Gasteiger partial charge in [0.2, 0.25) is 17.7 Å². The van der Waals surface area contributed by atoms with Crippen LogP contribution in [0, 0.1) is 12.3 Å². The molecule has 5 aromatic rings. The molecule has 6 rings (SSSR count). The highest BCUT2D eigenvalue weighted by atomic mass is 16.6. The van der Waals surface area contributed by atoms with Crippen molar-refractivity contribution in [3.8, 4) is 12.3 Å². The Balaban J connectivity index is 1.05. The fourth-order valence-corrected chi connectivity index (χ4v) is 7.04. The molecular formula is C48H48N8O8. The van der Waals surface area contributed by atoms with Gasteiger partial charge in [-0.05, 0) is 45.2 Å². The summed E-state index contributed by atoms with van der Waals surface area (Å²) >= 11 is 0. The Labute approximate surface area is 369 Å². The van der Waals surface area contributed by atoms with Crippen LogP contribution < -0.4 is 21.8 Å². The van der Waals surface area contributed by atoms with Crippen molar-refractivity contribution < 1.29 is 38.3 Å². The minimum absolute atomic E-state index is 0.113. The Hall–Kier alpha value is -8.19. The lowest BCUT2D eigenvalue weighted by Crippen LogP contribution is -2.59. The largest absolute Gasteiger partial charge is 0.445 e. The maximum Gasteiger partial charge on any atom is 0.410 e. The number of benzene rings is 5. The SMILES string of the molecule is C#C[C@H](NC(=O)[C@H](C)NC(=O)N1CCN(C(=O)OCc2ccccc2)CC1)C(=O)NN(CC(N)=O)C(=O)/C=C/C(=O)N(Cc1cccc2ccccc12)Cc1cccc2ccccc12. The fourth-order valence-electron chi connectivity index (χ4n) is 7.04. The van der Waals surface area contributed by atoms with Gasteiger partial charge in [0.1, 0.15) is 19.2 Å². The molecule has 0 unspecified atom stereocenters. The molecule has 5 N–H and O–H groups in total. The monoisotopic (exact) mass is 864 g/mol. The van der Waals surface area contributed by atoms with Crippen molar-refractivity contribution in [2.45, 2.75) is 38.7 Å². The van der Waals surface area contributed by atoms with Crippen LogP contribution in [-0.4, -0.2) is 106 Å². The maximum atomic E-state index is 14.0. The molecule has 16 nitrogen and oxygen atoms in total. The van der Waals surface area contributed by atoms with Crippen LogP contribution >= 0.6 is 0 Å². The fraction of sp³-hybridized carbons (Fsp3) is 0.229. The van der Waals surface area contributed by atoms with Crippen LogP contribution in [0.1, 0.15) is 23.6 Å². The van der Waals surface area contributed by atoms with E-state index < -0.39 is 60.3 Å². The van der Waals surface area contributed by atoms with Gasteiger partial charge in [-0.15, -0.1) is 6.42 Å². The Morgan fingerprint density at radius 1 is 0.703 bits per heavy atom. The van der Waals surface area contributed by atoms with Crippen LogP contribution in [-0.2, 0) is 48.4 Å². The van der Waals surface area contributed by atoms with Gasteiger partial charge in [0.25, 0.3) is 11.8 Å². The molecule has 1 aliphatic heterocycles. The number of nitrogens with two attached hydrogens (primary N) is 1. The molecule has 1 aliphatic rings. The van der Waals surface area contributed by atoms with Gasteiger partial charge < -0.3 is 35.8 Å². The lowest BCUT2D eigenvalue weighted by Gasteiger charge is -2.34. The number of rotatable bonds is 14. The molecule has 8 amide bonds. The third-order valence-corrected chi connectivity index (χ3v) is 10.5. The molecule has 1 heterocycles. The van der Waals surface area contributed by atoms with Crippen molar-refractivity contribution in [3.63, 3.8) is 0 Å². The van der Waals surface area contributed by atoms with E-state index in [0.29, 0.717) is 5.01 Å². The van der Waals surface area contributed by atoms with Crippen molar-refractivity contribution >= 4 is 63.2 Å². The quantitative estimate of drug-likeness (QED) is 0.0737. The Bertz CT molecular complexity index is 2510. The van der Waals surface area contributed by atoms with Crippen molar-refractivity contribution in [3.05, 3.63) is 144 Å². The summed E-state index contributed by atoms with van der Waals surface area (Å²) in [5.41, 5.74) is 10.2. The molecule has 2 atom stereocenters. The molecule has 0 aromatic heterocycles. The first-order valence-electron chi connectivity index (χ1n) is 20.5. The normalized spacial score (nSPS) is 13.3. The number of carbonyl (C=O) groups is 7. The molecule has 1 fully saturated rings. The summed E-state index contributed by atoms with van der Waals surface area (Å²) in [7, 11) is 0. The summed E-state index contributed by atoms with van der Waals surface area (Å²) in [5, 5.41) is 9.36. The van der Waals surface area contributed by atoms with Crippen LogP contribution in [0.15, 0.2) is 127 Å². The highest BCUT2D eigenvalue weighted by molar-refractivity contribution is 6.00. The zero-order valence-electron chi connectivity index (χ0n) is 35.1. The first kappa shape index (κ1) is 45.3. The molecule has 0 aliphatic carbocycles. The molecule has 1 saturated heterocycles. The first-order valence-corrected chi connectivity index (χ1v) is 20.5. The van der Waals surface area contributed by atoms with Crippen LogP contribution in [0.25, 0.3) is 21.5 Å². The number of nitrogens with zero attached hydrogens (tertiary/aromatic N) is 4. The summed E-state index contributed by atoms with van der Waals surface area (Å²) in [4.78, 5) is 96.0. The lowest BCUT2D eigenvalue weighted by molar-refractivity contribution is -0.141. The predicted octanol–water partition coefficient (Wildman–Crippen LogP) is 3.59. The van der Waals surface area contributed by atoms with Crippen molar-refractivity contribution in [1.82, 2.24) is 35.8 Å². The van der Waals surface area contributed by atoms with Gasteiger partial charge in [-0.2, -0.15) is 0 Å². The Morgan fingerprint density at radius 3 is 1.81 bits per heavy atom. The number of carbonyl (C=O) groups excluding carboxylic acids is 7. The van der Waals surface area contributed by atoms with Crippen LogP contribution in [0.5, 0.6) is 0 Å². The van der Waals surface area contributed by atoms with E-state index >= 15 is 0 Å². The molecule has 0 radical (unpaired) electrons. The molecule has 0 bridgehead atoms. The number of urea groups is 1. The topological polar surface area (TPSA) is 204 Å². The number of amides is 8. The van der Waals surface area contributed by atoms with Gasteiger partial charge in [0.15, 0.2) is 6.04 Å². The number of hydrogen-bond donors (Lipinski definition) is 4. The Kier molecular flexibility index (Phi) is 15.3. The molecule has 0 spiro atoms. The van der Waals surface area contributed by atoms with Gasteiger partial charge >= 0.3 is 12.1 Å². The lowest BCUT2D eigenvalue weighted by atomic mass is 10.0. The standard InChI is InChI=1S/C48H48N8O8/c1-3-41(51-45(60)33(2)50-47(62)53-25-27-54(28-26-53)48(63)64-32-34-13-5-4-6-14-34)46(61)52-56(31-42(49)57)44(59)24-23-43(58)55(29-37-19-11-17-35-15-7-9-21-39(35)37)30-38-20-12-18-36-16-8-10-22-40(36)38/h1,4-24,33,41H,25-32H2,2H3,(H2,49,57)(H,50,62)(H,51,60)(H,52,61)/b24-23+/t33-,41-/m0/s1. The molecule has 64 heavy (non-hydrogen) atoms. The number of piperazine rings is 1. The zero-order chi connectivity index (χ0) is 45.6. The summed E-state index contributed by atoms with van der Waals surface area (Å²) in [6, 6.07) is 33.0. The molecule has 16 heteroatoms. The smallest absolute Gasteiger partial charge is 0.410 e. The van der Waals surface area contributed by atoms with Crippen molar-refractivity contribution in [2.75, 3.05) is 32.7 Å². The average Bonchev–Trinajstić information content (AvgIpc) is 3.31. The maximum absolute atomic E-state index is 14.0. The van der Waals surface area contributed by atoms with Gasteiger partial charge in [0.05, 0.1) is 0 Å². The number of terminal acetylenes is 1. The summed E-state index contributed by atoms with van der Waals surface area (Å²) in [6.45, 7) is 1.83. The number of hydrogen-bond acceptors (Lipinski definition) is 8. The van der Waals surface area contributed by atoms with E-state index in [1.54, 1.807) is 4.90 Å². The molecular weight excluding hydrogens is 817 g/mol. The second-order valence-electron chi connectivity index (χ2n) is 15.0. The van der Waals surface area contributed by atoms with Gasteiger partial charge in [-0.25, -0.2) is 14.6 Å². The number of primary amides is 1. The highest BCUT2D eigenvalue weighted by Crippen LogP contribution is 2.24. The van der Waals surface area contributed by atoms with E-state index in [9.17, 15) is 33.6 Å². The number of hydrazine groups is 1. The van der Waals surface area contributed by atoms with Gasteiger partial charge in [-0.3, -0.25) is 29.4 Å². The van der Waals surface area contributed by atoms with Gasteiger partial charge in [-0.1, -0.05) is 121 Å². The molecule has 328 valence electrons. The van der Waals surface area contributed by atoms with E-state index in [2.05, 4.69) is 22.0 Å². The average molecular weight is 865 g/mol. The Morgan fingerprint density at radius 2 is 1.23 bits per heavy atom. The van der Waals surface area contributed by atoms with Gasteiger partial charge in [0, 0.05) is 51.4 Å². The predicted molar refractivity (Wildman–Crippen MR) is 239 cm³/mol. The van der Waals surface area contributed by atoms with Crippen LogP contribution in [0.3, 0.4) is 0 Å². The van der Waals surface area contributed by atoms with E-state index in [1.807, 2.05) is 115 Å². The first-order chi connectivity index (χ1) is 30.9. The van der Waals surface area contributed by atoms with Crippen LogP contribution in [0.4, 0.5) is 9.59 Å². The molecule has 0 saturated carbocycles. The van der Waals surface area contributed by atoms with E-state index in [-0.39, 0.29) is 45.9 Å². The summed E-state index contributed by atoms with van der Waals surface area (Å²) in [6.07, 6.45) is 7.02. The van der Waals surface area contributed by atoms with E-state index in [0.717, 1.165) is 50.4 Å². The second kappa shape index (κ2) is 21.6. The van der Waals surface area contributed by atoms with Crippen LogP contribution in [0.2, 0.25) is 0 Å². The minimum Gasteiger partial charge on any atom is -0.445 e. The van der Waals surface area contributed by atoms with Crippen molar-refractivity contribution in [1.29, 1.82) is 0 Å². The molecule has 5 aromatic carbocycles. The number of nitrogens with one attached hydrogen (secondary N) is 3. The summed E-state index contributed by atoms with van der Waals surface area (Å²) in [5.74, 6) is -2.29. The third-order valence-electron chi connectivity index (χ3n) is 10.5. The van der Waals surface area contributed by atoms with E-state index in [1.165, 1.54) is 16.7 Å². The van der Waals surface area contributed by atoms with E-state index in [4.69, 9.17) is 16.9 Å². The minimum atomic E-state index is -1.66. The number of ether oxygens (including phenoxy) is 1. The highest BCUT2D eigenvalue weighted by Gasteiger charge is 2.29. The van der Waals surface area contributed by atoms with Crippen molar-refractivity contribution in [2.24, 2.45) is 5.73 Å². The third kappa shape index (κ3) is 12.0. The second-order valence-corrected chi connectivity index (χ2v) is 15.0. The zero-order valence-corrected chi connectivity index (χ0v) is 35.1.